The van der Waals surface area contributed by atoms with Gasteiger partial charge in [-0.15, -0.1) is 0 Å². The first-order valence-corrected chi connectivity index (χ1v) is 17.0. The van der Waals surface area contributed by atoms with Gasteiger partial charge in [-0.05, 0) is 88.0 Å². The molecule has 0 spiro atoms. The van der Waals surface area contributed by atoms with Gasteiger partial charge in [-0.3, -0.25) is 4.57 Å². The van der Waals surface area contributed by atoms with E-state index in [1.54, 1.807) is 0 Å². The highest BCUT2D eigenvalue weighted by atomic mass is 15.0. The number of hydrogen-bond donors (Lipinski definition) is 0. The van der Waals surface area contributed by atoms with Crippen LogP contribution in [0, 0.1) is 0 Å². The highest BCUT2D eigenvalue weighted by Gasteiger charge is 2.17. The van der Waals surface area contributed by atoms with Gasteiger partial charge in [-0.2, -0.15) is 0 Å². The highest BCUT2D eigenvalue weighted by molar-refractivity contribution is 6.11. The minimum absolute atomic E-state index is 0.959. The average Bonchev–Trinajstić information content (AvgIpc) is 3.71. The molecule has 0 saturated heterocycles. The van der Waals surface area contributed by atoms with Crippen molar-refractivity contribution in [1.82, 2.24) is 14.1 Å². The summed E-state index contributed by atoms with van der Waals surface area (Å²) in [5.41, 5.74) is 13.9. The molecule has 0 aliphatic rings. The molecule has 3 nitrogen and oxygen atoms in total. The number of pyridine rings is 1. The number of nitrogens with zero attached hydrogens (tertiary/aromatic N) is 3. The van der Waals surface area contributed by atoms with Crippen molar-refractivity contribution in [3.05, 3.63) is 188 Å². The SMILES string of the molecule is c1ccc(-c2ccc(-n3c4cc(-c5ccc6c7ccccc7n(-c7cccc(-c8ccccc8)c7)c6c5)ccc4c4cccnc43)cc2)cc1. The van der Waals surface area contributed by atoms with Crippen LogP contribution in [-0.4, -0.2) is 14.1 Å². The van der Waals surface area contributed by atoms with Crippen molar-refractivity contribution in [2.45, 2.75) is 0 Å². The molecule has 3 heterocycles. The van der Waals surface area contributed by atoms with Crippen molar-refractivity contribution in [3.63, 3.8) is 0 Å². The van der Waals surface area contributed by atoms with Gasteiger partial charge in [-0.25, -0.2) is 4.98 Å². The molecule has 10 rings (SSSR count). The first-order valence-electron chi connectivity index (χ1n) is 17.0. The molecule has 0 radical (unpaired) electrons. The Kier molecular flexibility index (Phi) is 6.49. The number of rotatable bonds is 5. The second kappa shape index (κ2) is 11.5. The zero-order valence-corrected chi connectivity index (χ0v) is 27.2. The lowest BCUT2D eigenvalue weighted by molar-refractivity contribution is 1.14. The maximum atomic E-state index is 4.88. The Labute approximate surface area is 290 Å². The van der Waals surface area contributed by atoms with Crippen LogP contribution in [0.2, 0.25) is 0 Å². The standard InChI is InChI=1S/C47H31N3/c1-3-11-32(12-4-1)34-20-24-38(25-21-34)50-46-31-37(23-27-42(46)43-18-10-28-48-47(43)50)36-22-26-41-40-17-7-8-19-44(40)49(45(41)30-36)39-16-9-15-35(29-39)33-13-5-2-6-14-33/h1-31H. The van der Waals surface area contributed by atoms with Crippen molar-refractivity contribution in [1.29, 1.82) is 0 Å². The second-order valence-corrected chi connectivity index (χ2v) is 12.9. The maximum Gasteiger partial charge on any atom is 0.145 e. The topological polar surface area (TPSA) is 22.8 Å². The Morgan fingerprint density at radius 3 is 1.56 bits per heavy atom. The summed E-state index contributed by atoms with van der Waals surface area (Å²) in [5, 5.41) is 4.83. The smallest absolute Gasteiger partial charge is 0.145 e. The average molecular weight is 638 g/mol. The van der Waals surface area contributed by atoms with E-state index in [2.05, 4.69) is 185 Å². The van der Waals surface area contributed by atoms with Crippen LogP contribution in [0.25, 0.3) is 88.5 Å². The van der Waals surface area contributed by atoms with E-state index in [-0.39, 0.29) is 0 Å². The number of para-hydroxylation sites is 1. The second-order valence-electron chi connectivity index (χ2n) is 12.9. The molecule has 50 heavy (non-hydrogen) atoms. The Morgan fingerprint density at radius 1 is 0.300 bits per heavy atom. The highest BCUT2D eigenvalue weighted by Crippen LogP contribution is 2.38. The fourth-order valence-electron chi connectivity index (χ4n) is 7.60. The molecular formula is C47H31N3. The van der Waals surface area contributed by atoms with Gasteiger partial charge in [0.05, 0.1) is 16.6 Å². The van der Waals surface area contributed by atoms with Crippen LogP contribution in [0.5, 0.6) is 0 Å². The van der Waals surface area contributed by atoms with Gasteiger partial charge < -0.3 is 4.57 Å². The molecule has 3 aromatic heterocycles. The Hall–Kier alpha value is -6.71. The van der Waals surface area contributed by atoms with E-state index in [9.17, 15) is 0 Å². The number of aromatic nitrogens is 3. The van der Waals surface area contributed by atoms with Crippen LogP contribution >= 0.6 is 0 Å². The van der Waals surface area contributed by atoms with E-state index < -0.39 is 0 Å². The molecule has 0 aliphatic heterocycles. The number of fused-ring (bicyclic) bond motifs is 6. The van der Waals surface area contributed by atoms with E-state index in [0.717, 1.165) is 27.9 Å². The third-order valence-electron chi connectivity index (χ3n) is 9.98. The summed E-state index contributed by atoms with van der Waals surface area (Å²) in [4.78, 5) is 4.88. The Morgan fingerprint density at radius 2 is 0.820 bits per heavy atom. The summed E-state index contributed by atoms with van der Waals surface area (Å²) in [6, 6.07) is 65.5. The van der Waals surface area contributed by atoms with E-state index in [4.69, 9.17) is 4.98 Å². The van der Waals surface area contributed by atoms with Crippen molar-refractivity contribution >= 4 is 43.7 Å². The zero-order chi connectivity index (χ0) is 33.0. The molecule has 0 bridgehead atoms. The zero-order valence-electron chi connectivity index (χ0n) is 27.2. The first kappa shape index (κ1) is 28.3. The largest absolute Gasteiger partial charge is 0.309 e. The van der Waals surface area contributed by atoms with Crippen molar-refractivity contribution in [3.8, 4) is 44.8 Å². The molecule has 0 aliphatic carbocycles. The third-order valence-corrected chi connectivity index (χ3v) is 9.98. The van der Waals surface area contributed by atoms with Gasteiger partial charge in [0.15, 0.2) is 0 Å². The third kappa shape index (κ3) is 4.56. The molecule has 0 saturated carbocycles. The fraction of sp³-hybridized carbons (Fsp3) is 0. The molecule has 234 valence electrons. The monoisotopic (exact) mass is 637 g/mol. The van der Waals surface area contributed by atoms with E-state index in [1.807, 2.05) is 12.3 Å². The molecule has 0 fully saturated rings. The van der Waals surface area contributed by atoms with Gasteiger partial charge in [0.1, 0.15) is 5.65 Å². The summed E-state index contributed by atoms with van der Waals surface area (Å²) >= 11 is 0. The summed E-state index contributed by atoms with van der Waals surface area (Å²) in [6.45, 7) is 0. The van der Waals surface area contributed by atoms with Crippen LogP contribution in [0.3, 0.4) is 0 Å². The summed E-state index contributed by atoms with van der Waals surface area (Å²) < 4.78 is 4.71. The van der Waals surface area contributed by atoms with Gasteiger partial charge in [0, 0.05) is 39.1 Å². The summed E-state index contributed by atoms with van der Waals surface area (Å²) in [5.74, 6) is 0. The Balaban J connectivity index is 1.15. The summed E-state index contributed by atoms with van der Waals surface area (Å²) in [7, 11) is 0. The molecule has 3 heteroatoms. The minimum atomic E-state index is 0.959. The lowest BCUT2D eigenvalue weighted by Gasteiger charge is -2.12. The fourth-order valence-corrected chi connectivity index (χ4v) is 7.60. The molecule has 0 N–H and O–H groups in total. The number of benzene rings is 7. The lowest BCUT2D eigenvalue weighted by Crippen LogP contribution is -1.96. The van der Waals surface area contributed by atoms with Gasteiger partial charge >= 0.3 is 0 Å². The van der Waals surface area contributed by atoms with Crippen molar-refractivity contribution in [2.24, 2.45) is 0 Å². The van der Waals surface area contributed by atoms with Crippen LogP contribution < -0.4 is 0 Å². The van der Waals surface area contributed by atoms with Gasteiger partial charge in [0.2, 0.25) is 0 Å². The predicted octanol–water partition coefficient (Wildman–Crippen LogP) is 12.3. The van der Waals surface area contributed by atoms with E-state index in [0.29, 0.717) is 0 Å². The van der Waals surface area contributed by atoms with Crippen LogP contribution in [0.4, 0.5) is 0 Å². The normalized spacial score (nSPS) is 11.6. The number of hydrogen-bond acceptors (Lipinski definition) is 1. The van der Waals surface area contributed by atoms with Crippen LogP contribution in [0.15, 0.2) is 188 Å². The van der Waals surface area contributed by atoms with Crippen molar-refractivity contribution in [2.75, 3.05) is 0 Å². The first-order chi connectivity index (χ1) is 24.8. The quantitative estimate of drug-likeness (QED) is 0.184. The molecule has 7 aromatic carbocycles. The molecule has 0 amide bonds. The van der Waals surface area contributed by atoms with E-state index in [1.165, 1.54) is 60.6 Å². The van der Waals surface area contributed by atoms with E-state index >= 15 is 0 Å². The van der Waals surface area contributed by atoms with Crippen LogP contribution in [-0.2, 0) is 0 Å². The molecule has 10 aromatic rings. The van der Waals surface area contributed by atoms with Crippen LogP contribution in [0.1, 0.15) is 0 Å². The predicted molar refractivity (Wildman–Crippen MR) is 209 cm³/mol. The molecular weight excluding hydrogens is 607 g/mol. The lowest BCUT2D eigenvalue weighted by atomic mass is 10.0. The van der Waals surface area contributed by atoms with Gasteiger partial charge in [-0.1, -0.05) is 127 Å². The molecule has 0 atom stereocenters. The minimum Gasteiger partial charge on any atom is -0.309 e. The maximum absolute atomic E-state index is 4.88. The summed E-state index contributed by atoms with van der Waals surface area (Å²) in [6.07, 6.45) is 1.89. The van der Waals surface area contributed by atoms with Crippen molar-refractivity contribution < 1.29 is 0 Å². The van der Waals surface area contributed by atoms with Gasteiger partial charge in [0.25, 0.3) is 0 Å². The Bertz CT molecular complexity index is 2840. The molecule has 0 unspecified atom stereocenters.